The summed E-state index contributed by atoms with van der Waals surface area (Å²) in [5.41, 5.74) is 0.764. The first-order chi connectivity index (χ1) is 12.0. The van der Waals surface area contributed by atoms with Crippen molar-refractivity contribution in [1.29, 1.82) is 0 Å². The molecule has 1 aliphatic carbocycles. The van der Waals surface area contributed by atoms with E-state index in [2.05, 4.69) is 4.98 Å². The van der Waals surface area contributed by atoms with Crippen molar-refractivity contribution in [2.24, 2.45) is 0 Å². The van der Waals surface area contributed by atoms with Crippen LogP contribution in [0.3, 0.4) is 0 Å². The lowest BCUT2D eigenvalue weighted by atomic mass is 10.2. The fraction of sp³-hybridized carbons (Fsp3) is 0.167. The van der Waals surface area contributed by atoms with Crippen LogP contribution < -0.4 is 0 Å². The number of hydrogen-bond acceptors (Lipinski definition) is 2. The average Bonchev–Trinajstić information content (AvgIpc) is 3.35. The van der Waals surface area contributed by atoms with Gasteiger partial charge in [-0.3, -0.25) is 0 Å². The quantitative estimate of drug-likeness (QED) is 0.600. The molecule has 0 amide bonds. The molecule has 2 N–H and O–H groups in total. The number of carboxylic acid groups (broad SMARTS) is 1. The van der Waals surface area contributed by atoms with Crippen LogP contribution >= 0.6 is 23.4 Å². The number of nitrogens with one attached hydrogen (secondary N) is 1. The standard InChI is InChI=1S/C18H12ClF2NO2S/c19-11-7-6-10-16(14(11)21)22-15(8-4-5-8)17(10)25-12-3-1-2-9(13(12)20)18(23)24/h1-3,6-8,22H,4-5H2,(H,23,24). The highest BCUT2D eigenvalue weighted by Gasteiger charge is 2.31. The van der Waals surface area contributed by atoms with Gasteiger partial charge in [-0.25, -0.2) is 13.6 Å². The number of halogens is 3. The molecule has 0 radical (unpaired) electrons. The van der Waals surface area contributed by atoms with Crippen molar-refractivity contribution in [2.45, 2.75) is 28.6 Å². The molecule has 3 nitrogen and oxygen atoms in total. The largest absolute Gasteiger partial charge is 0.478 e. The van der Waals surface area contributed by atoms with Crippen molar-refractivity contribution >= 4 is 40.2 Å². The summed E-state index contributed by atoms with van der Waals surface area (Å²) in [6.45, 7) is 0. The van der Waals surface area contributed by atoms with E-state index in [1.807, 2.05) is 0 Å². The Morgan fingerprint density at radius 3 is 2.64 bits per heavy atom. The van der Waals surface area contributed by atoms with Crippen LogP contribution in [0.15, 0.2) is 40.1 Å². The number of carbonyl (C=O) groups is 1. The maximum absolute atomic E-state index is 14.5. The Bertz CT molecular complexity index is 1010. The van der Waals surface area contributed by atoms with Gasteiger partial charge in [0.1, 0.15) is 0 Å². The molecular formula is C18H12ClF2NO2S. The van der Waals surface area contributed by atoms with Crippen molar-refractivity contribution in [3.8, 4) is 0 Å². The Kier molecular flexibility index (Phi) is 3.96. The Balaban J connectivity index is 1.87. The maximum atomic E-state index is 14.5. The summed E-state index contributed by atoms with van der Waals surface area (Å²) in [6.07, 6.45) is 1.96. The lowest BCUT2D eigenvalue weighted by Crippen LogP contribution is -2.01. The molecule has 2 aromatic carbocycles. The van der Waals surface area contributed by atoms with Gasteiger partial charge in [0.05, 0.1) is 16.1 Å². The van der Waals surface area contributed by atoms with Gasteiger partial charge in [-0.05, 0) is 37.1 Å². The summed E-state index contributed by atoms with van der Waals surface area (Å²) in [5, 5.41) is 9.73. The molecule has 25 heavy (non-hydrogen) atoms. The van der Waals surface area contributed by atoms with Gasteiger partial charge < -0.3 is 10.1 Å². The molecule has 1 heterocycles. The average molecular weight is 380 g/mol. The van der Waals surface area contributed by atoms with Gasteiger partial charge in [0, 0.05) is 26.8 Å². The van der Waals surface area contributed by atoms with E-state index in [1.165, 1.54) is 24.3 Å². The second-order valence-electron chi connectivity index (χ2n) is 5.95. The van der Waals surface area contributed by atoms with E-state index >= 15 is 0 Å². The van der Waals surface area contributed by atoms with Gasteiger partial charge in [0.15, 0.2) is 11.6 Å². The summed E-state index contributed by atoms with van der Waals surface area (Å²) in [5.74, 6) is -2.36. The highest BCUT2D eigenvalue weighted by molar-refractivity contribution is 7.99. The monoisotopic (exact) mass is 379 g/mol. The molecule has 0 aliphatic heterocycles. The first-order valence-electron chi connectivity index (χ1n) is 7.66. The number of H-pyrrole nitrogens is 1. The number of hydrogen-bond donors (Lipinski definition) is 2. The van der Waals surface area contributed by atoms with Crippen molar-refractivity contribution in [3.63, 3.8) is 0 Å². The van der Waals surface area contributed by atoms with E-state index in [4.69, 9.17) is 16.7 Å². The van der Waals surface area contributed by atoms with Crippen LogP contribution in [0, 0.1) is 11.6 Å². The van der Waals surface area contributed by atoms with Gasteiger partial charge in [0.25, 0.3) is 0 Å². The molecule has 0 bridgehead atoms. The molecule has 128 valence electrons. The highest BCUT2D eigenvalue weighted by atomic mass is 35.5. The SMILES string of the molecule is O=C(O)c1cccc(Sc2c(C3CC3)[nH]c3c(F)c(Cl)ccc23)c1F. The summed E-state index contributed by atoms with van der Waals surface area (Å²) in [4.78, 5) is 15.1. The highest BCUT2D eigenvalue weighted by Crippen LogP contribution is 2.49. The minimum atomic E-state index is -1.32. The van der Waals surface area contributed by atoms with Crippen LogP contribution in [0.5, 0.6) is 0 Å². The fourth-order valence-corrected chi connectivity index (χ4v) is 4.16. The van der Waals surface area contributed by atoms with E-state index < -0.39 is 17.6 Å². The maximum Gasteiger partial charge on any atom is 0.338 e. The Labute approximate surface area is 151 Å². The van der Waals surface area contributed by atoms with Gasteiger partial charge in [0.2, 0.25) is 0 Å². The molecule has 7 heteroatoms. The molecule has 1 saturated carbocycles. The molecule has 1 aliphatic rings. The zero-order valence-corrected chi connectivity index (χ0v) is 14.3. The molecule has 0 atom stereocenters. The van der Waals surface area contributed by atoms with Crippen LogP contribution in [0.25, 0.3) is 10.9 Å². The first-order valence-corrected chi connectivity index (χ1v) is 8.86. The number of aromatic nitrogens is 1. The lowest BCUT2D eigenvalue weighted by Gasteiger charge is -2.07. The predicted octanol–water partition coefficient (Wildman–Crippen LogP) is 5.83. The Hall–Kier alpha value is -2.05. The van der Waals surface area contributed by atoms with E-state index in [0.717, 1.165) is 35.2 Å². The first kappa shape index (κ1) is 16.4. The van der Waals surface area contributed by atoms with Crippen LogP contribution in [-0.4, -0.2) is 16.1 Å². The number of aromatic amines is 1. The number of aromatic carboxylic acids is 1. The fourth-order valence-electron chi connectivity index (χ4n) is 2.83. The molecule has 1 aromatic heterocycles. The topological polar surface area (TPSA) is 53.1 Å². The van der Waals surface area contributed by atoms with Gasteiger partial charge >= 0.3 is 5.97 Å². The summed E-state index contributed by atoms with van der Waals surface area (Å²) in [7, 11) is 0. The zero-order chi connectivity index (χ0) is 17.7. The number of fused-ring (bicyclic) bond motifs is 1. The van der Waals surface area contributed by atoms with Gasteiger partial charge in [-0.15, -0.1) is 0 Å². The number of carboxylic acids is 1. The second kappa shape index (κ2) is 6.04. The Morgan fingerprint density at radius 2 is 1.96 bits per heavy atom. The van der Waals surface area contributed by atoms with Crippen molar-refractivity contribution in [1.82, 2.24) is 4.98 Å². The smallest absolute Gasteiger partial charge is 0.338 e. The van der Waals surface area contributed by atoms with E-state index in [0.29, 0.717) is 10.9 Å². The lowest BCUT2D eigenvalue weighted by molar-refractivity contribution is 0.0691. The minimum Gasteiger partial charge on any atom is -0.478 e. The third-order valence-corrected chi connectivity index (χ3v) is 5.71. The van der Waals surface area contributed by atoms with Gasteiger partial charge in [-0.2, -0.15) is 0 Å². The van der Waals surface area contributed by atoms with Crippen LogP contribution in [-0.2, 0) is 0 Å². The number of benzene rings is 2. The van der Waals surface area contributed by atoms with Crippen molar-refractivity contribution in [3.05, 3.63) is 58.2 Å². The number of rotatable bonds is 4. The summed E-state index contributed by atoms with van der Waals surface area (Å²) < 4.78 is 28.8. The molecule has 1 fully saturated rings. The minimum absolute atomic E-state index is 0.0201. The summed E-state index contributed by atoms with van der Waals surface area (Å²) >= 11 is 6.97. The summed E-state index contributed by atoms with van der Waals surface area (Å²) in [6, 6.07) is 7.41. The second-order valence-corrected chi connectivity index (χ2v) is 7.41. The van der Waals surface area contributed by atoms with E-state index in [-0.39, 0.29) is 21.4 Å². The van der Waals surface area contributed by atoms with Crippen LogP contribution in [0.2, 0.25) is 5.02 Å². The van der Waals surface area contributed by atoms with E-state index in [1.54, 1.807) is 6.07 Å². The molecule has 0 unspecified atom stereocenters. The van der Waals surface area contributed by atoms with E-state index in [9.17, 15) is 13.6 Å². The zero-order valence-electron chi connectivity index (χ0n) is 12.8. The Morgan fingerprint density at radius 1 is 1.20 bits per heavy atom. The van der Waals surface area contributed by atoms with Crippen molar-refractivity contribution < 1.29 is 18.7 Å². The van der Waals surface area contributed by atoms with Crippen LogP contribution in [0.4, 0.5) is 8.78 Å². The molecule has 0 saturated heterocycles. The van der Waals surface area contributed by atoms with Crippen molar-refractivity contribution in [2.75, 3.05) is 0 Å². The third-order valence-electron chi connectivity index (χ3n) is 4.24. The molecule has 0 spiro atoms. The molecule has 3 aromatic rings. The predicted molar refractivity (Wildman–Crippen MR) is 92.7 cm³/mol. The normalized spacial score (nSPS) is 14.2. The van der Waals surface area contributed by atoms with Gasteiger partial charge in [-0.1, -0.05) is 29.4 Å². The third kappa shape index (κ3) is 2.79. The van der Waals surface area contributed by atoms with Crippen LogP contribution in [0.1, 0.15) is 34.8 Å². The molecular weight excluding hydrogens is 368 g/mol. The molecule has 4 rings (SSSR count).